The van der Waals surface area contributed by atoms with Crippen LogP contribution in [0.25, 0.3) is 0 Å². The van der Waals surface area contributed by atoms with E-state index < -0.39 is 5.82 Å². The summed E-state index contributed by atoms with van der Waals surface area (Å²) < 4.78 is 13.4. The predicted octanol–water partition coefficient (Wildman–Crippen LogP) is 3.01. The molecule has 28 heavy (non-hydrogen) atoms. The van der Waals surface area contributed by atoms with Crippen molar-refractivity contribution < 1.29 is 14.0 Å². The highest BCUT2D eigenvalue weighted by Crippen LogP contribution is 2.26. The van der Waals surface area contributed by atoms with Crippen LogP contribution in [0, 0.1) is 11.7 Å². The first kappa shape index (κ1) is 20.8. The van der Waals surface area contributed by atoms with Crippen LogP contribution in [0.1, 0.15) is 49.4 Å². The monoisotopic (exact) mass is 389 g/mol. The van der Waals surface area contributed by atoms with Crippen molar-refractivity contribution >= 4 is 11.8 Å². The molecule has 1 aliphatic heterocycles. The van der Waals surface area contributed by atoms with E-state index in [9.17, 15) is 14.0 Å². The number of amides is 2. The van der Waals surface area contributed by atoms with Crippen LogP contribution in [0.2, 0.25) is 0 Å². The van der Waals surface area contributed by atoms with Gasteiger partial charge in [0.25, 0.3) is 5.91 Å². The molecular formula is C22H32FN3O2. The van der Waals surface area contributed by atoms with E-state index in [1.165, 1.54) is 25.0 Å². The highest BCUT2D eigenvalue weighted by molar-refractivity contribution is 5.94. The molecule has 1 aromatic rings. The molecule has 0 unspecified atom stereocenters. The van der Waals surface area contributed by atoms with Gasteiger partial charge in [0.1, 0.15) is 5.82 Å². The third-order valence-corrected chi connectivity index (χ3v) is 6.23. The van der Waals surface area contributed by atoms with Gasteiger partial charge in [0.2, 0.25) is 5.91 Å². The van der Waals surface area contributed by atoms with E-state index in [0.717, 1.165) is 31.7 Å². The van der Waals surface area contributed by atoms with Crippen LogP contribution in [0.5, 0.6) is 0 Å². The van der Waals surface area contributed by atoms with Crippen molar-refractivity contribution in [3.05, 3.63) is 35.6 Å². The SMILES string of the molecule is CC1CCC(N(C)C(=O)CN2CCCN(C(=O)c3cccc(F)c3)CC2)CC1. The van der Waals surface area contributed by atoms with Crippen LogP contribution < -0.4 is 0 Å². The zero-order valence-corrected chi connectivity index (χ0v) is 17.1. The molecule has 2 amide bonds. The number of carbonyl (C=O) groups is 2. The molecule has 0 atom stereocenters. The Labute approximate surface area is 167 Å². The zero-order chi connectivity index (χ0) is 20.1. The number of benzene rings is 1. The summed E-state index contributed by atoms with van der Waals surface area (Å²) in [5.41, 5.74) is 0.385. The lowest BCUT2D eigenvalue weighted by Gasteiger charge is -2.34. The minimum atomic E-state index is -0.395. The Morgan fingerprint density at radius 1 is 1.11 bits per heavy atom. The van der Waals surface area contributed by atoms with Crippen molar-refractivity contribution in [2.45, 2.75) is 45.1 Å². The average molecular weight is 390 g/mol. The van der Waals surface area contributed by atoms with Crippen LogP contribution in [0.15, 0.2) is 24.3 Å². The molecule has 0 bridgehead atoms. The second kappa shape index (κ2) is 9.50. The number of nitrogens with zero attached hydrogens (tertiary/aromatic N) is 3. The fourth-order valence-electron chi connectivity index (χ4n) is 4.27. The molecule has 3 rings (SSSR count). The van der Waals surface area contributed by atoms with Crippen LogP contribution in [-0.4, -0.2) is 72.3 Å². The molecule has 6 heteroatoms. The molecule has 1 aliphatic carbocycles. The third kappa shape index (κ3) is 5.31. The molecule has 5 nitrogen and oxygen atoms in total. The zero-order valence-electron chi connectivity index (χ0n) is 17.1. The van der Waals surface area contributed by atoms with Crippen LogP contribution >= 0.6 is 0 Å². The van der Waals surface area contributed by atoms with Crippen LogP contribution in [0.3, 0.4) is 0 Å². The molecule has 154 valence electrons. The van der Waals surface area contributed by atoms with Crippen LogP contribution in [-0.2, 0) is 4.79 Å². The van der Waals surface area contributed by atoms with Crippen molar-refractivity contribution in [1.29, 1.82) is 0 Å². The van der Waals surface area contributed by atoms with Gasteiger partial charge in [0, 0.05) is 44.8 Å². The Bertz CT molecular complexity index is 688. The van der Waals surface area contributed by atoms with E-state index in [1.807, 2.05) is 11.9 Å². The number of hydrogen-bond donors (Lipinski definition) is 0. The average Bonchev–Trinajstić information content (AvgIpc) is 2.93. The number of halogens is 1. The van der Waals surface area contributed by atoms with Gasteiger partial charge in [-0.2, -0.15) is 0 Å². The maximum Gasteiger partial charge on any atom is 0.254 e. The molecule has 1 saturated heterocycles. The largest absolute Gasteiger partial charge is 0.342 e. The first-order valence-electron chi connectivity index (χ1n) is 10.5. The van der Waals surface area contributed by atoms with E-state index in [2.05, 4.69) is 11.8 Å². The van der Waals surface area contributed by atoms with E-state index in [4.69, 9.17) is 0 Å². The number of hydrogen-bond acceptors (Lipinski definition) is 3. The van der Waals surface area contributed by atoms with Crippen molar-refractivity contribution in [2.75, 3.05) is 39.8 Å². The number of likely N-dealkylation sites (N-methyl/N-ethyl adjacent to an activating group) is 1. The molecule has 1 heterocycles. The minimum absolute atomic E-state index is 0.138. The summed E-state index contributed by atoms with van der Waals surface area (Å²) in [4.78, 5) is 31.2. The molecular weight excluding hydrogens is 357 g/mol. The van der Waals surface area contributed by atoms with Crippen molar-refractivity contribution in [3.63, 3.8) is 0 Å². The molecule has 0 N–H and O–H groups in total. The summed E-state index contributed by atoms with van der Waals surface area (Å²) >= 11 is 0. The Kier molecular flexibility index (Phi) is 7.05. The topological polar surface area (TPSA) is 43.9 Å². The molecule has 0 aromatic heterocycles. The molecule has 0 radical (unpaired) electrons. The highest BCUT2D eigenvalue weighted by atomic mass is 19.1. The quantitative estimate of drug-likeness (QED) is 0.795. The van der Waals surface area contributed by atoms with Crippen LogP contribution in [0.4, 0.5) is 4.39 Å². The molecule has 2 aliphatic rings. The first-order chi connectivity index (χ1) is 13.4. The Morgan fingerprint density at radius 2 is 1.86 bits per heavy atom. The smallest absolute Gasteiger partial charge is 0.254 e. The predicted molar refractivity (Wildman–Crippen MR) is 108 cm³/mol. The van der Waals surface area contributed by atoms with Gasteiger partial charge in [-0.3, -0.25) is 14.5 Å². The standard InChI is InChI=1S/C22H32FN3O2/c1-17-7-9-20(10-8-17)24(2)21(27)16-25-11-4-12-26(14-13-25)22(28)18-5-3-6-19(23)15-18/h3,5-6,15,17,20H,4,7-14,16H2,1-2H3. The van der Waals surface area contributed by atoms with Gasteiger partial charge in [0.05, 0.1) is 6.54 Å². The normalized spacial score (nSPS) is 23.9. The van der Waals surface area contributed by atoms with Crippen molar-refractivity contribution in [1.82, 2.24) is 14.7 Å². The minimum Gasteiger partial charge on any atom is -0.342 e. The second-order valence-corrected chi connectivity index (χ2v) is 8.35. The third-order valence-electron chi connectivity index (χ3n) is 6.23. The Balaban J connectivity index is 1.50. The first-order valence-corrected chi connectivity index (χ1v) is 10.5. The highest BCUT2D eigenvalue weighted by Gasteiger charge is 2.27. The van der Waals surface area contributed by atoms with Gasteiger partial charge in [-0.1, -0.05) is 13.0 Å². The second-order valence-electron chi connectivity index (χ2n) is 8.35. The van der Waals surface area contributed by atoms with Gasteiger partial charge in [-0.25, -0.2) is 4.39 Å². The molecule has 1 aromatic carbocycles. The van der Waals surface area contributed by atoms with Crippen molar-refractivity contribution in [2.24, 2.45) is 5.92 Å². The summed E-state index contributed by atoms with van der Waals surface area (Å²) in [6.45, 7) is 5.36. The van der Waals surface area contributed by atoms with E-state index >= 15 is 0 Å². The van der Waals surface area contributed by atoms with Gasteiger partial charge < -0.3 is 9.80 Å². The lowest BCUT2D eigenvalue weighted by Crippen LogP contribution is -2.45. The summed E-state index contributed by atoms with van der Waals surface area (Å²) in [5, 5.41) is 0. The van der Waals surface area contributed by atoms with Gasteiger partial charge in [0.15, 0.2) is 0 Å². The number of carbonyl (C=O) groups excluding carboxylic acids is 2. The van der Waals surface area contributed by atoms with Gasteiger partial charge >= 0.3 is 0 Å². The van der Waals surface area contributed by atoms with Crippen molar-refractivity contribution in [3.8, 4) is 0 Å². The summed E-state index contributed by atoms with van der Waals surface area (Å²) in [7, 11) is 1.93. The number of rotatable bonds is 4. The van der Waals surface area contributed by atoms with Gasteiger partial charge in [-0.15, -0.1) is 0 Å². The molecule has 1 saturated carbocycles. The fraction of sp³-hybridized carbons (Fsp3) is 0.636. The summed E-state index contributed by atoms with van der Waals surface area (Å²) in [6, 6.07) is 6.21. The van der Waals surface area contributed by atoms with E-state index in [1.54, 1.807) is 17.0 Å². The maximum absolute atomic E-state index is 13.4. The fourth-order valence-corrected chi connectivity index (χ4v) is 4.27. The lowest BCUT2D eigenvalue weighted by molar-refractivity contribution is -0.133. The van der Waals surface area contributed by atoms with E-state index in [-0.39, 0.29) is 11.8 Å². The summed E-state index contributed by atoms with van der Waals surface area (Å²) in [5.74, 6) is 0.408. The maximum atomic E-state index is 13.4. The van der Waals surface area contributed by atoms with Gasteiger partial charge in [-0.05, 0) is 56.2 Å². The molecule has 0 spiro atoms. The Hall–Kier alpha value is -1.95. The molecule has 2 fully saturated rings. The van der Waals surface area contributed by atoms with E-state index in [0.29, 0.717) is 37.8 Å². The Morgan fingerprint density at radius 3 is 2.57 bits per heavy atom. The lowest BCUT2D eigenvalue weighted by atomic mass is 9.87. The summed E-state index contributed by atoms with van der Waals surface area (Å²) in [6.07, 6.45) is 5.41.